The summed E-state index contributed by atoms with van der Waals surface area (Å²) in [5.41, 5.74) is 8.10. The van der Waals surface area contributed by atoms with E-state index in [1.54, 1.807) is 18.6 Å². The Morgan fingerprint density at radius 3 is 2.57 bits per heavy atom. The van der Waals surface area contributed by atoms with Gasteiger partial charge in [-0.25, -0.2) is 4.98 Å². The van der Waals surface area contributed by atoms with Gasteiger partial charge in [-0.05, 0) is 78.7 Å². The van der Waals surface area contributed by atoms with Gasteiger partial charge in [0.15, 0.2) is 0 Å². The second-order valence-corrected chi connectivity index (χ2v) is 9.63. The third kappa shape index (κ3) is 4.91. The predicted molar refractivity (Wildman–Crippen MR) is 148 cm³/mol. The fraction of sp³-hybridized carbons (Fsp3) is 0.111. The molecule has 8 heteroatoms. The summed E-state index contributed by atoms with van der Waals surface area (Å²) in [5, 5.41) is 13.0. The summed E-state index contributed by atoms with van der Waals surface area (Å²) in [6.45, 7) is 4.06. The van der Waals surface area contributed by atoms with Crippen molar-refractivity contribution in [1.29, 1.82) is 0 Å². The molecule has 1 unspecified atom stereocenters. The second-order valence-electron chi connectivity index (χ2n) is 8.37. The molecule has 35 heavy (non-hydrogen) atoms. The van der Waals surface area contributed by atoms with Crippen LogP contribution >= 0.6 is 35.4 Å². The van der Waals surface area contributed by atoms with Crippen LogP contribution in [-0.4, -0.2) is 14.7 Å². The molecule has 1 N–H and O–H groups in total. The van der Waals surface area contributed by atoms with Crippen molar-refractivity contribution in [3.8, 4) is 5.69 Å². The maximum Gasteiger partial charge on any atom is 0.218 e. The van der Waals surface area contributed by atoms with Crippen LogP contribution in [0.1, 0.15) is 28.4 Å². The van der Waals surface area contributed by atoms with Crippen LogP contribution in [-0.2, 0) is 0 Å². The molecule has 174 valence electrons. The van der Waals surface area contributed by atoms with Crippen LogP contribution in [0.25, 0.3) is 11.8 Å². The van der Waals surface area contributed by atoms with Gasteiger partial charge < -0.3 is 5.32 Å². The van der Waals surface area contributed by atoms with Crippen molar-refractivity contribution < 1.29 is 0 Å². The highest BCUT2D eigenvalue weighted by molar-refractivity contribution is 7.80. The number of halogens is 2. The minimum Gasteiger partial charge on any atom is -0.329 e. The molecule has 0 amide bonds. The lowest BCUT2D eigenvalue weighted by molar-refractivity contribution is 0.941. The van der Waals surface area contributed by atoms with Crippen LogP contribution in [0.15, 0.2) is 94.6 Å². The summed E-state index contributed by atoms with van der Waals surface area (Å²) >= 11 is 17.7. The molecular weight excluding hydrogens is 497 g/mol. The van der Waals surface area contributed by atoms with E-state index >= 15 is 0 Å². The lowest BCUT2D eigenvalue weighted by Gasteiger charge is -2.22. The minimum atomic E-state index is 0.0618. The molecule has 2 aromatic carbocycles. The molecule has 0 spiro atoms. The lowest BCUT2D eigenvalue weighted by atomic mass is 9.84. The Hall–Kier alpha value is -3.32. The van der Waals surface area contributed by atoms with Crippen molar-refractivity contribution in [2.45, 2.75) is 19.8 Å². The number of hydrogen-bond donors (Lipinski definition) is 1. The van der Waals surface area contributed by atoms with Gasteiger partial charge in [0.1, 0.15) is 6.33 Å². The molecule has 5 nitrogen and oxygen atoms in total. The summed E-state index contributed by atoms with van der Waals surface area (Å²) in [4.78, 5) is 4.69. The van der Waals surface area contributed by atoms with E-state index in [4.69, 9.17) is 35.4 Å². The molecule has 5 rings (SSSR count). The Balaban J connectivity index is 1.33. The Morgan fingerprint density at radius 2 is 1.83 bits per heavy atom. The SMILES string of the molecule is Cc1cccc(C)c1NC(=S)N=N/C=C1\C=CC2C(=C1)C=Cc1c2ncn1-c1cc(Cl)cc(Cl)c1. The van der Waals surface area contributed by atoms with Crippen LogP contribution in [0.3, 0.4) is 0 Å². The van der Waals surface area contributed by atoms with Crippen molar-refractivity contribution >= 4 is 52.3 Å². The number of benzene rings is 2. The van der Waals surface area contributed by atoms with Crippen molar-refractivity contribution in [3.63, 3.8) is 0 Å². The molecule has 0 bridgehead atoms. The first-order valence-corrected chi connectivity index (χ1v) is 12.2. The number of anilines is 1. The van der Waals surface area contributed by atoms with Gasteiger partial charge in [0.2, 0.25) is 5.11 Å². The van der Waals surface area contributed by atoms with Crippen LogP contribution in [0.5, 0.6) is 0 Å². The minimum absolute atomic E-state index is 0.0618. The molecule has 1 heterocycles. The van der Waals surface area contributed by atoms with E-state index in [-0.39, 0.29) is 5.92 Å². The molecule has 0 radical (unpaired) electrons. The first-order chi connectivity index (χ1) is 16.9. The predicted octanol–water partition coefficient (Wildman–Crippen LogP) is 8.14. The Kier molecular flexibility index (Phi) is 6.52. The van der Waals surface area contributed by atoms with Gasteiger partial charge in [0.25, 0.3) is 0 Å². The molecule has 0 aliphatic heterocycles. The zero-order valence-corrected chi connectivity index (χ0v) is 21.4. The fourth-order valence-electron chi connectivity index (χ4n) is 4.26. The zero-order valence-electron chi connectivity index (χ0n) is 19.0. The molecule has 0 saturated heterocycles. The summed E-state index contributed by atoms with van der Waals surface area (Å²) in [6, 6.07) is 11.5. The topological polar surface area (TPSA) is 54.6 Å². The van der Waals surface area contributed by atoms with E-state index in [1.807, 2.05) is 54.8 Å². The van der Waals surface area contributed by atoms with Gasteiger partial charge in [-0.1, -0.05) is 59.6 Å². The average molecular weight is 518 g/mol. The van der Waals surface area contributed by atoms with Gasteiger partial charge in [-0.2, -0.15) is 5.11 Å². The van der Waals surface area contributed by atoms with Crippen molar-refractivity contribution in [2.24, 2.45) is 10.2 Å². The van der Waals surface area contributed by atoms with Crippen molar-refractivity contribution in [1.82, 2.24) is 9.55 Å². The maximum atomic E-state index is 6.20. The molecule has 2 aliphatic rings. The summed E-state index contributed by atoms with van der Waals surface area (Å²) in [7, 11) is 0. The van der Waals surface area contributed by atoms with E-state index in [9.17, 15) is 0 Å². The van der Waals surface area contributed by atoms with Crippen molar-refractivity contribution in [2.75, 3.05) is 5.32 Å². The number of hydrogen-bond acceptors (Lipinski definition) is 3. The summed E-state index contributed by atoms with van der Waals surface area (Å²) in [5.74, 6) is 0.0618. The van der Waals surface area contributed by atoms with E-state index in [2.05, 4.69) is 44.8 Å². The Bertz CT molecular complexity index is 1450. The summed E-state index contributed by atoms with van der Waals surface area (Å²) in [6.07, 6.45) is 13.9. The van der Waals surface area contributed by atoms with Gasteiger partial charge in [0.05, 0.1) is 23.3 Å². The third-order valence-corrected chi connectivity index (χ3v) is 6.55. The smallest absolute Gasteiger partial charge is 0.218 e. The highest BCUT2D eigenvalue weighted by Crippen LogP contribution is 2.38. The van der Waals surface area contributed by atoms with Gasteiger partial charge in [-0.15, -0.1) is 5.11 Å². The molecule has 0 fully saturated rings. The molecule has 3 aromatic rings. The van der Waals surface area contributed by atoms with Crippen molar-refractivity contribution in [3.05, 3.63) is 117 Å². The van der Waals surface area contributed by atoms with Gasteiger partial charge in [-0.3, -0.25) is 4.57 Å². The number of aryl methyl sites for hydroxylation is 2. The number of imidazole rings is 1. The molecule has 2 aliphatic carbocycles. The molecule has 1 aromatic heterocycles. The molecule has 1 atom stereocenters. The van der Waals surface area contributed by atoms with Crippen LogP contribution in [0.4, 0.5) is 5.69 Å². The quantitative estimate of drug-likeness (QED) is 0.281. The van der Waals surface area contributed by atoms with E-state index in [1.165, 1.54) is 0 Å². The van der Waals surface area contributed by atoms with Gasteiger partial charge >= 0.3 is 0 Å². The second kappa shape index (κ2) is 9.74. The van der Waals surface area contributed by atoms with Crippen LogP contribution in [0.2, 0.25) is 10.0 Å². The number of allylic oxidation sites excluding steroid dienone is 6. The standard InChI is InChI=1S/C27H21Cl2N5S/c1-16-4-3-5-17(2)25(16)32-27(35)33-31-14-18-6-8-23-19(10-18)7-9-24-26(23)30-15-34(24)22-12-20(28)11-21(29)13-22/h3-15,23H,1-2H3,(H,32,35)/b18-14+,33-31?. The number of rotatable bonds is 3. The van der Waals surface area contributed by atoms with Crippen LogP contribution < -0.4 is 5.32 Å². The number of thiocarbonyl (C=S) groups is 1. The third-order valence-electron chi connectivity index (χ3n) is 5.93. The number of para-hydroxylation sites is 1. The van der Waals surface area contributed by atoms with E-state index in [0.29, 0.717) is 15.2 Å². The van der Waals surface area contributed by atoms with E-state index in [0.717, 1.165) is 45.0 Å². The fourth-order valence-corrected chi connectivity index (χ4v) is 4.92. The average Bonchev–Trinajstić information content (AvgIpc) is 3.25. The largest absolute Gasteiger partial charge is 0.329 e. The monoisotopic (exact) mass is 517 g/mol. The first-order valence-electron chi connectivity index (χ1n) is 11.0. The first kappa shape index (κ1) is 23.4. The number of fused-ring (bicyclic) bond motifs is 3. The number of aromatic nitrogens is 2. The maximum absolute atomic E-state index is 6.20. The Morgan fingerprint density at radius 1 is 1.09 bits per heavy atom. The zero-order chi connectivity index (χ0) is 24.5. The summed E-state index contributed by atoms with van der Waals surface area (Å²) < 4.78 is 2.00. The van der Waals surface area contributed by atoms with Crippen LogP contribution in [0, 0.1) is 13.8 Å². The number of nitrogens with one attached hydrogen (secondary N) is 1. The highest BCUT2D eigenvalue weighted by atomic mass is 35.5. The van der Waals surface area contributed by atoms with Gasteiger partial charge in [0, 0.05) is 21.7 Å². The Labute approximate surface area is 219 Å². The van der Waals surface area contributed by atoms with E-state index < -0.39 is 0 Å². The number of azo groups is 1. The lowest BCUT2D eigenvalue weighted by Crippen LogP contribution is -2.09. The molecular formula is C27H21Cl2N5S. The number of nitrogens with zero attached hydrogens (tertiary/aromatic N) is 4. The highest BCUT2D eigenvalue weighted by Gasteiger charge is 2.26. The molecule has 0 saturated carbocycles. The normalized spacial score (nSPS) is 17.4.